The molecule has 0 aromatic heterocycles. The summed E-state index contributed by atoms with van der Waals surface area (Å²) in [6, 6.07) is 0.602. The second kappa shape index (κ2) is 7.29. The molecule has 0 aliphatic heterocycles. The number of likely N-dealkylation sites (N-methyl/N-ethyl adjacent to an activating group) is 1. The average molecular weight is 226 g/mol. The third-order valence-corrected chi connectivity index (χ3v) is 4.24. The zero-order valence-electron chi connectivity index (χ0n) is 11.4. The third-order valence-electron chi connectivity index (χ3n) is 4.24. The van der Waals surface area contributed by atoms with Gasteiger partial charge in [-0.05, 0) is 37.6 Å². The van der Waals surface area contributed by atoms with Crippen molar-refractivity contribution in [3.63, 3.8) is 0 Å². The molecule has 1 aliphatic carbocycles. The number of hydrogen-bond donors (Lipinski definition) is 1. The van der Waals surface area contributed by atoms with Gasteiger partial charge in [-0.25, -0.2) is 0 Å². The van der Waals surface area contributed by atoms with Crippen molar-refractivity contribution in [3.8, 4) is 0 Å². The van der Waals surface area contributed by atoms with Crippen molar-refractivity contribution in [2.75, 3.05) is 19.6 Å². The van der Waals surface area contributed by atoms with E-state index in [0.717, 1.165) is 24.9 Å². The van der Waals surface area contributed by atoms with E-state index in [2.05, 4.69) is 25.7 Å². The van der Waals surface area contributed by atoms with Crippen LogP contribution in [0.2, 0.25) is 0 Å². The lowest BCUT2D eigenvalue weighted by atomic mass is 9.84. The molecular weight excluding hydrogens is 196 g/mol. The van der Waals surface area contributed by atoms with Crippen LogP contribution in [0.15, 0.2) is 0 Å². The summed E-state index contributed by atoms with van der Waals surface area (Å²) < 4.78 is 0. The van der Waals surface area contributed by atoms with Crippen LogP contribution in [0.3, 0.4) is 0 Å². The Bertz CT molecular complexity index is 178. The van der Waals surface area contributed by atoms with Crippen molar-refractivity contribution in [3.05, 3.63) is 0 Å². The number of nitrogens with zero attached hydrogens (tertiary/aromatic N) is 1. The SMILES string of the molecule is CCCC(C)C(CN)N(CC)CC1CCC1. The molecule has 0 spiro atoms. The highest BCUT2D eigenvalue weighted by atomic mass is 15.2. The quantitative estimate of drug-likeness (QED) is 0.689. The Balaban J connectivity index is 2.44. The topological polar surface area (TPSA) is 29.3 Å². The summed E-state index contributed by atoms with van der Waals surface area (Å²) in [4.78, 5) is 2.63. The Hall–Kier alpha value is -0.0800. The molecule has 2 heteroatoms. The van der Waals surface area contributed by atoms with Crippen LogP contribution in [-0.4, -0.2) is 30.6 Å². The first-order valence-electron chi connectivity index (χ1n) is 7.17. The van der Waals surface area contributed by atoms with Gasteiger partial charge in [-0.3, -0.25) is 4.90 Å². The summed E-state index contributed by atoms with van der Waals surface area (Å²) in [5, 5.41) is 0. The summed E-state index contributed by atoms with van der Waals surface area (Å²) in [5.41, 5.74) is 5.97. The number of nitrogens with two attached hydrogens (primary N) is 1. The molecule has 0 radical (unpaired) electrons. The molecule has 0 amide bonds. The van der Waals surface area contributed by atoms with Gasteiger partial charge in [0.2, 0.25) is 0 Å². The van der Waals surface area contributed by atoms with Crippen LogP contribution < -0.4 is 5.73 Å². The van der Waals surface area contributed by atoms with Crippen molar-refractivity contribution < 1.29 is 0 Å². The van der Waals surface area contributed by atoms with E-state index in [-0.39, 0.29) is 0 Å². The van der Waals surface area contributed by atoms with Crippen molar-refractivity contribution in [1.82, 2.24) is 4.90 Å². The fraction of sp³-hybridized carbons (Fsp3) is 1.00. The monoisotopic (exact) mass is 226 g/mol. The molecule has 2 unspecified atom stereocenters. The van der Waals surface area contributed by atoms with Gasteiger partial charge in [0, 0.05) is 19.1 Å². The summed E-state index contributed by atoms with van der Waals surface area (Å²) in [6.45, 7) is 10.2. The minimum Gasteiger partial charge on any atom is -0.329 e. The van der Waals surface area contributed by atoms with E-state index in [1.165, 1.54) is 38.6 Å². The fourth-order valence-corrected chi connectivity index (χ4v) is 2.90. The van der Waals surface area contributed by atoms with Crippen LogP contribution in [0.1, 0.15) is 52.9 Å². The van der Waals surface area contributed by atoms with Crippen molar-refractivity contribution in [2.45, 2.75) is 58.9 Å². The van der Waals surface area contributed by atoms with Crippen LogP contribution >= 0.6 is 0 Å². The maximum absolute atomic E-state index is 5.97. The molecule has 2 N–H and O–H groups in total. The molecule has 0 saturated heterocycles. The minimum atomic E-state index is 0.602. The maximum Gasteiger partial charge on any atom is 0.0243 e. The summed E-state index contributed by atoms with van der Waals surface area (Å²) >= 11 is 0. The number of rotatable bonds is 8. The molecular formula is C14H30N2. The van der Waals surface area contributed by atoms with E-state index in [1.54, 1.807) is 0 Å². The van der Waals surface area contributed by atoms with Crippen LogP contribution in [0, 0.1) is 11.8 Å². The standard InChI is InChI=1S/C14H30N2/c1-4-7-12(3)14(10-15)16(5-2)11-13-8-6-9-13/h12-14H,4-11,15H2,1-3H3. The van der Waals surface area contributed by atoms with Crippen molar-refractivity contribution in [2.24, 2.45) is 17.6 Å². The van der Waals surface area contributed by atoms with E-state index in [9.17, 15) is 0 Å². The van der Waals surface area contributed by atoms with Gasteiger partial charge >= 0.3 is 0 Å². The van der Waals surface area contributed by atoms with Crippen LogP contribution in [0.25, 0.3) is 0 Å². The molecule has 2 atom stereocenters. The Morgan fingerprint density at radius 2 is 2.00 bits per heavy atom. The Morgan fingerprint density at radius 1 is 1.31 bits per heavy atom. The van der Waals surface area contributed by atoms with Crippen molar-refractivity contribution in [1.29, 1.82) is 0 Å². The van der Waals surface area contributed by atoms with E-state index in [0.29, 0.717) is 6.04 Å². The largest absolute Gasteiger partial charge is 0.329 e. The molecule has 96 valence electrons. The van der Waals surface area contributed by atoms with E-state index in [4.69, 9.17) is 5.73 Å². The molecule has 16 heavy (non-hydrogen) atoms. The van der Waals surface area contributed by atoms with E-state index < -0.39 is 0 Å². The Labute approximate surface area is 102 Å². The molecule has 1 saturated carbocycles. The van der Waals surface area contributed by atoms with Gasteiger partial charge in [0.1, 0.15) is 0 Å². The van der Waals surface area contributed by atoms with Gasteiger partial charge < -0.3 is 5.73 Å². The molecule has 0 bridgehead atoms. The predicted octanol–water partition coefficient (Wildman–Crippen LogP) is 2.87. The van der Waals surface area contributed by atoms with Crippen LogP contribution in [-0.2, 0) is 0 Å². The first-order chi connectivity index (χ1) is 7.72. The van der Waals surface area contributed by atoms with Crippen LogP contribution in [0.5, 0.6) is 0 Å². The summed E-state index contributed by atoms with van der Waals surface area (Å²) in [5.74, 6) is 1.71. The van der Waals surface area contributed by atoms with Crippen molar-refractivity contribution >= 4 is 0 Å². The molecule has 0 aromatic carbocycles. The highest BCUT2D eigenvalue weighted by Gasteiger charge is 2.26. The second-order valence-electron chi connectivity index (χ2n) is 5.45. The number of hydrogen-bond acceptors (Lipinski definition) is 2. The lowest BCUT2D eigenvalue weighted by Gasteiger charge is -2.39. The molecule has 1 rings (SSSR count). The minimum absolute atomic E-state index is 0.602. The second-order valence-corrected chi connectivity index (χ2v) is 5.45. The molecule has 0 heterocycles. The molecule has 1 fully saturated rings. The van der Waals surface area contributed by atoms with Gasteiger partial charge in [-0.1, -0.05) is 33.6 Å². The predicted molar refractivity (Wildman–Crippen MR) is 71.5 cm³/mol. The Morgan fingerprint density at radius 3 is 2.38 bits per heavy atom. The fourth-order valence-electron chi connectivity index (χ4n) is 2.90. The lowest BCUT2D eigenvalue weighted by Crippen LogP contribution is -2.47. The van der Waals surface area contributed by atoms with Gasteiger partial charge in [0.25, 0.3) is 0 Å². The van der Waals surface area contributed by atoms with E-state index in [1.807, 2.05) is 0 Å². The molecule has 2 nitrogen and oxygen atoms in total. The Kier molecular flexibility index (Phi) is 6.37. The lowest BCUT2D eigenvalue weighted by molar-refractivity contribution is 0.107. The normalized spacial score (nSPS) is 20.8. The zero-order chi connectivity index (χ0) is 12.0. The van der Waals surface area contributed by atoms with E-state index >= 15 is 0 Å². The summed E-state index contributed by atoms with van der Waals surface area (Å²) in [7, 11) is 0. The van der Waals surface area contributed by atoms with Gasteiger partial charge in [0.05, 0.1) is 0 Å². The van der Waals surface area contributed by atoms with Crippen LogP contribution in [0.4, 0.5) is 0 Å². The van der Waals surface area contributed by atoms with Gasteiger partial charge in [-0.2, -0.15) is 0 Å². The van der Waals surface area contributed by atoms with Gasteiger partial charge in [0.15, 0.2) is 0 Å². The summed E-state index contributed by atoms with van der Waals surface area (Å²) in [6.07, 6.45) is 6.91. The zero-order valence-corrected chi connectivity index (χ0v) is 11.4. The highest BCUT2D eigenvalue weighted by Crippen LogP contribution is 2.28. The first kappa shape index (κ1) is 14.0. The van der Waals surface area contributed by atoms with Gasteiger partial charge in [-0.15, -0.1) is 0 Å². The maximum atomic E-state index is 5.97. The smallest absolute Gasteiger partial charge is 0.0243 e. The highest BCUT2D eigenvalue weighted by molar-refractivity contribution is 4.81. The molecule has 0 aromatic rings. The average Bonchev–Trinajstić information content (AvgIpc) is 2.21. The molecule has 1 aliphatic rings. The third kappa shape index (κ3) is 3.74. The first-order valence-corrected chi connectivity index (χ1v) is 7.17.